The second-order valence-electron chi connectivity index (χ2n) is 5.05. The highest BCUT2D eigenvalue weighted by atomic mass is 16.2. The van der Waals surface area contributed by atoms with Gasteiger partial charge < -0.3 is 19.9 Å². The van der Waals surface area contributed by atoms with E-state index in [-0.39, 0.29) is 22.2 Å². The van der Waals surface area contributed by atoms with Crippen molar-refractivity contribution < 1.29 is 0 Å². The van der Waals surface area contributed by atoms with Crippen LogP contribution in [-0.4, -0.2) is 29.9 Å². The lowest BCUT2D eigenvalue weighted by Crippen LogP contribution is -2.19. The van der Waals surface area contributed by atoms with Gasteiger partial charge in [0.25, 0.3) is 11.1 Å². The lowest BCUT2D eigenvalue weighted by molar-refractivity contribution is 1.04. The normalized spacial score (nSPS) is 8.80. The quantitative estimate of drug-likeness (QED) is 0.210. The SMILES string of the molecule is O=c1cc[nH]c(=O)[nH]1.O=c1cc[nH]c(=O)[nH]1.O=c1cccc[nH]1.O=c1cccc[nH]1. The molecule has 0 radical (unpaired) electrons. The van der Waals surface area contributed by atoms with Crippen molar-refractivity contribution >= 4 is 0 Å². The molecular formula is C18H18N6O6. The van der Waals surface area contributed by atoms with Gasteiger partial charge in [-0.1, -0.05) is 12.1 Å². The van der Waals surface area contributed by atoms with Crippen LogP contribution in [0.15, 0.2) is 102 Å². The van der Waals surface area contributed by atoms with Crippen molar-refractivity contribution in [2.45, 2.75) is 0 Å². The van der Waals surface area contributed by atoms with Crippen molar-refractivity contribution in [3.63, 3.8) is 0 Å². The topological polar surface area (TPSA) is 197 Å². The Bertz CT molecular complexity index is 1150. The van der Waals surface area contributed by atoms with Crippen molar-refractivity contribution in [3.8, 4) is 0 Å². The summed E-state index contributed by atoms with van der Waals surface area (Å²) in [6.07, 6.45) is 5.78. The molecule has 0 saturated carbocycles. The van der Waals surface area contributed by atoms with Crippen LogP contribution in [0.5, 0.6) is 0 Å². The summed E-state index contributed by atoms with van der Waals surface area (Å²) in [5.41, 5.74) is -1.82. The first kappa shape index (κ1) is 23.3. The average molecular weight is 414 g/mol. The fourth-order valence-electron chi connectivity index (χ4n) is 1.52. The summed E-state index contributed by atoms with van der Waals surface area (Å²) in [5, 5.41) is 0. The molecule has 4 aromatic rings. The van der Waals surface area contributed by atoms with Gasteiger partial charge in [-0.05, 0) is 12.1 Å². The molecule has 4 rings (SSSR count). The maximum atomic E-state index is 10.2. The Morgan fingerprint density at radius 1 is 0.400 bits per heavy atom. The molecule has 12 heteroatoms. The molecule has 0 amide bonds. The van der Waals surface area contributed by atoms with E-state index in [1.165, 1.54) is 36.7 Å². The van der Waals surface area contributed by atoms with E-state index in [1.54, 1.807) is 36.7 Å². The summed E-state index contributed by atoms with van der Waals surface area (Å²) in [5.74, 6) is 0. The van der Waals surface area contributed by atoms with Crippen LogP contribution in [0.25, 0.3) is 0 Å². The van der Waals surface area contributed by atoms with Gasteiger partial charge in [0.05, 0.1) is 0 Å². The highest BCUT2D eigenvalue weighted by molar-refractivity contribution is 4.90. The molecule has 0 aliphatic rings. The first-order chi connectivity index (χ1) is 14.4. The smallest absolute Gasteiger partial charge is 0.325 e. The Morgan fingerprint density at radius 2 is 0.800 bits per heavy atom. The van der Waals surface area contributed by atoms with E-state index < -0.39 is 11.4 Å². The van der Waals surface area contributed by atoms with Crippen LogP contribution in [-0.2, 0) is 0 Å². The largest absolute Gasteiger partial charge is 0.329 e. The molecule has 12 nitrogen and oxygen atoms in total. The zero-order valence-electron chi connectivity index (χ0n) is 15.4. The summed E-state index contributed by atoms with van der Waals surface area (Å²) in [6, 6.07) is 12.3. The molecule has 0 aliphatic carbocycles. The molecule has 0 bridgehead atoms. The van der Waals surface area contributed by atoms with E-state index in [1.807, 2.05) is 9.97 Å². The predicted molar refractivity (Wildman–Crippen MR) is 109 cm³/mol. The second kappa shape index (κ2) is 13.4. The van der Waals surface area contributed by atoms with Gasteiger partial charge in [0.15, 0.2) is 0 Å². The molecule has 0 unspecified atom stereocenters. The zero-order chi connectivity index (χ0) is 22.2. The molecular weight excluding hydrogens is 396 g/mol. The van der Waals surface area contributed by atoms with Crippen LogP contribution in [0.2, 0.25) is 0 Å². The van der Waals surface area contributed by atoms with Crippen LogP contribution in [0.4, 0.5) is 0 Å². The number of H-pyrrole nitrogens is 6. The van der Waals surface area contributed by atoms with E-state index >= 15 is 0 Å². The molecule has 4 aromatic heterocycles. The Morgan fingerprint density at radius 3 is 0.967 bits per heavy atom. The fraction of sp³-hybridized carbons (Fsp3) is 0. The predicted octanol–water partition coefficient (Wildman–Crippen LogP) is -1.12. The minimum atomic E-state index is -0.475. The van der Waals surface area contributed by atoms with E-state index in [9.17, 15) is 28.8 Å². The molecule has 30 heavy (non-hydrogen) atoms. The lowest BCUT2D eigenvalue weighted by Gasteiger charge is -1.75. The van der Waals surface area contributed by atoms with Crippen molar-refractivity contribution in [3.05, 3.63) is 136 Å². The Labute approximate surface area is 166 Å². The first-order valence-corrected chi connectivity index (χ1v) is 8.20. The number of rotatable bonds is 0. The van der Waals surface area contributed by atoms with Crippen molar-refractivity contribution in [2.24, 2.45) is 0 Å². The Balaban J connectivity index is 0.000000200. The standard InChI is InChI=1S/2C5H5NO.2C4H4N2O2/c2*7-5-3-1-2-4-6-5;2*7-3-1-2-5-4(8)6-3/h2*1-4H,(H,6,7);2*1-2H,(H2,5,6,7,8). The lowest BCUT2D eigenvalue weighted by atomic mass is 10.5. The van der Waals surface area contributed by atoms with Gasteiger partial charge in [-0.2, -0.15) is 0 Å². The van der Waals surface area contributed by atoms with Crippen LogP contribution in [0, 0.1) is 0 Å². The third kappa shape index (κ3) is 11.8. The number of hydrogen-bond acceptors (Lipinski definition) is 6. The van der Waals surface area contributed by atoms with E-state index in [0.717, 1.165) is 0 Å². The molecule has 6 N–H and O–H groups in total. The average Bonchev–Trinajstić information content (AvgIpc) is 2.70. The maximum Gasteiger partial charge on any atom is 0.325 e. The molecule has 0 fully saturated rings. The van der Waals surface area contributed by atoms with Crippen LogP contribution in [0.1, 0.15) is 0 Å². The molecule has 0 atom stereocenters. The van der Waals surface area contributed by atoms with Gasteiger partial charge in [0.1, 0.15) is 0 Å². The van der Waals surface area contributed by atoms with Crippen LogP contribution >= 0.6 is 0 Å². The summed E-state index contributed by atoms with van der Waals surface area (Å²) in [6.45, 7) is 0. The number of nitrogens with one attached hydrogen (secondary N) is 6. The van der Waals surface area contributed by atoms with E-state index in [4.69, 9.17) is 0 Å². The van der Waals surface area contributed by atoms with Crippen molar-refractivity contribution in [1.29, 1.82) is 0 Å². The van der Waals surface area contributed by atoms with Gasteiger partial charge in [0, 0.05) is 49.1 Å². The number of hydrogen-bond donors (Lipinski definition) is 6. The zero-order valence-corrected chi connectivity index (χ0v) is 15.4. The molecule has 0 aliphatic heterocycles. The Hall–Kier alpha value is -4.74. The molecule has 0 spiro atoms. The number of pyridine rings is 2. The third-order valence-corrected chi connectivity index (χ3v) is 2.73. The van der Waals surface area contributed by atoms with Crippen LogP contribution in [0.3, 0.4) is 0 Å². The monoisotopic (exact) mass is 414 g/mol. The van der Waals surface area contributed by atoms with Gasteiger partial charge in [-0.25, -0.2) is 9.59 Å². The highest BCUT2D eigenvalue weighted by Crippen LogP contribution is 1.67. The molecule has 0 aromatic carbocycles. The van der Waals surface area contributed by atoms with E-state index in [0.29, 0.717) is 0 Å². The molecule has 4 heterocycles. The first-order valence-electron chi connectivity index (χ1n) is 8.20. The minimum absolute atomic E-state index is 0.0532. The van der Waals surface area contributed by atoms with Crippen molar-refractivity contribution in [1.82, 2.24) is 29.9 Å². The summed E-state index contributed by atoms with van der Waals surface area (Å²) < 4.78 is 0. The summed E-state index contributed by atoms with van der Waals surface area (Å²) in [7, 11) is 0. The number of aromatic amines is 6. The van der Waals surface area contributed by atoms with Gasteiger partial charge in [-0.3, -0.25) is 29.1 Å². The van der Waals surface area contributed by atoms with Gasteiger partial charge in [0.2, 0.25) is 11.1 Å². The number of aromatic nitrogens is 6. The van der Waals surface area contributed by atoms with Gasteiger partial charge in [-0.15, -0.1) is 0 Å². The van der Waals surface area contributed by atoms with Gasteiger partial charge >= 0.3 is 11.4 Å². The maximum absolute atomic E-state index is 10.2. The fourth-order valence-corrected chi connectivity index (χ4v) is 1.52. The highest BCUT2D eigenvalue weighted by Gasteiger charge is 1.78. The Kier molecular flexibility index (Phi) is 10.4. The minimum Gasteiger partial charge on any atom is -0.329 e. The van der Waals surface area contributed by atoms with Crippen LogP contribution < -0.4 is 33.6 Å². The summed E-state index contributed by atoms with van der Waals surface area (Å²) in [4.78, 5) is 74.7. The second-order valence-corrected chi connectivity index (χ2v) is 5.05. The molecule has 156 valence electrons. The van der Waals surface area contributed by atoms with Crippen molar-refractivity contribution in [2.75, 3.05) is 0 Å². The third-order valence-electron chi connectivity index (χ3n) is 2.73. The molecule has 0 saturated heterocycles. The van der Waals surface area contributed by atoms with E-state index in [2.05, 4.69) is 19.9 Å². The summed E-state index contributed by atoms with van der Waals surface area (Å²) >= 11 is 0.